The molecule has 0 spiro atoms. The summed E-state index contributed by atoms with van der Waals surface area (Å²) in [5.41, 5.74) is 1.60. The van der Waals surface area contributed by atoms with E-state index in [2.05, 4.69) is 16.0 Å². The Morgan fingerprint density at radius 1 is 1.21 bits per heavy atom. The van der Waals surface area contributed by atoms with E-state index in [1.54, 1.807) is 24.3 Å². The zero-order valence-electron chi connectivity index (χ0n) is 13.1. The van der Waals surface area contributed by atoms with E-state index in [0.29, 0.717) is 32.0 Å². The first-order valence-corrected chi connectivity index (χ1v) is 7.75. The van der Waals surface area contributed by atoms with Crippen LogP contribution in [-0.2, 0) is 16.1 Å². The van der Waals surface area contributed by atoms with Gasteiger partial charge in [-0.3, -0.25) is 9.59 Å². The average molecular weight is 329 g/mol. The summed E-state index contributed by atoms with van der Waals surface area (Å²) < 4.78 is 10.3. The number of ether oxygens (including phenoxy) is 1. The molecule has 1 aromatic carbocycles. The molecule has 0 bridgehead atoms. The van der Waals surface area contributed by atoms with Gasteiger partial charge in [-0.15, -0.1) is 0 Å². The number of nitrogens with one attached hydrogen (secondary N) is 3. The van der Waals surface area contributed by atoms with E-state index in [0.717, 1.165) is 5.56 Å². The number of morpholine rings is 1. The van der Waals surface area contributed by atoms with Crippen molar-refractivity contribution >= 4 is 17.5 Å². The molecule has 3 rings (SSSR count). The van der Waals surface area contributed by atoms with Crippen molar-refractivity contribution in [1.29, 1.82) is 0 Å². The summed E-state index contributed by atoms with van der Waals surface area (Å²) in [4.78, 5) is 23.9. The van der Waals surface area contributed by atoms with Crippen LogP contribution in [0.4, 0.5) is 5.69 Å². The summed E-state index contributed by atoms with van der Waals surface area (Å²) in [5.74, 6) is -0.122. The molecule has 1 aliphatic heterocycles. The van der Waals surface area contributed by atoms with Gasteiger partial charge < -0.3 is 25.1 Å². The first-order chi connectivity index (χ1) is 11.7. The number of amides is 2. The maximum Gasteiger partial charge on any atom is 0.291 e. The van der Waals surface area contributed by atoms with Crippen molar-refractivity contribution in [2.24, 2.45) is 0 Å². The zero-order chi connectivity index (χ0) is 16.8. The van der Waals surface area contributed by atoms with Crippen molar-refractivity contribution in [3.63, 3.8) is 0 Å². The quantitative estimate of drug-likeness (QED) is 0.765. The number of rotatable bonds is 5. The van der Waals surface area contributed by atoms with Gasteiger partial charge in [-0.2, -0.15) is 0 Å². The fraction of sp³-hybridized carbons (Fsp3) is 0.294. The van der Waals surface area contributed by atoms with Crippen LogP contribution in [0.1, 0.15) is 16.1 Å². The first-order valence-electron chi connectivity index (χ1n) is 7.75. The second-order valence-corrected chi connectivity index (χ2v) is 5.43. The van der Waals surface area contributed by atoms with E-state index in [9.17, 15) is 9.59 Å². The van der Waals surface area contributed by atoms with Crippen LogP contribution in [0, 0.1) is 0 Å². The molecule has 1 fully saturated rings. The van der Waals surface area contributed by atoms with Gasteiger partial charge in [-0.1, -0.05) is 12.1 Å². The van der Waals surface area contributed by atoms with Gasteiger partial charge >= 0.3 is 0 Å². The highest BCUT2D eigenvalue weighted by Gasteiger charge is 2.20. The van der Waals surface area contributed by atoms with Gasteiger partial charge in [0.25, 0.3) is 5.91 Å². The molecule has 0 aliphatic carbocycles. The van der Waals surface area contributed by atoms with Crippen molar-refractivity contribution < 1.29 is 18.7 Å². The van der Waals surface area contributed by atoms with Crippen LogP contribution in [0.25, 0.3) is 0 Å². The predicted molar refractivity (Wildman–Crippen MR) is 87.6 cm³/mol. The largest absolute Gasteiger partial charge is 0.459 e. The molecular weight excluding hydrogens is 310 g/mol. The van der Waals surface area contributed by atoms with Crippen molar-refractivity contribution in [2.45, 2.75) is 12.6 Å². The highest BCUT2D eigenvalue weighted by atomic mass is 16.5. The number of anilines is 1. The molecule has 1 aliphatic rings. The van der Waals surface area contributed by atoms with Gasteiger partial charge in [0.2, 0.25) is 5.91 Å². The van der Waals surface area contributed by atoms with E-state index in [-0.39, 0.29) is 23.6 Å². The fourth-order valence-corrected chi connectivity index (χ4v) is 2.35. The lowest BCUT2D eigenvalue weighted by Crippen LogP contribution is -2.51. The smallest absolute Gasteiger partial charge is 0.291 e. The van der Waals surface area contributed by atoms with E-state index in [1.807, 2.05) is 12.1 Å². The van der Waals surface area contributed by atoms with E-state index in [1.165, 1.54) is 6.26 Å². The Hall–Kier alpha value is -2.64. The summed E-state index contributed by atoms with van der Waals surface area (Å²) in [6, 6.07) is 10.2. The molecule has 0 saturated carbocycles. The standard InChI is InChI=1S/C17H19N3O4/c21-16(14-11-23-9-7-18-14)19-10-12-3-5-13(6-4-12)20-17(22)15-2-1-8-24-15/h1-6,8,14,18H,7,9-11H2,(H,19,21)(H,20,22). The van der Waals surface area contributed by atoms with Crippen LogP contribution in [0.2, 0.25) is 0 Å². The Kier molecular flexibility index (Phi) is 5.25. The first kappa shape index (κ1) is 16.2. The van der Waals surface area contributed by atoms with E-state index >= 15 is 0 Å². The number of benzene rings is 1. The molecule has 2 aromatic rings. The highest BCUT2D eigenvalue weighted by molar-refractivity contribution is 6.02. The topological polar surface area (TPSA) is 92.6 Å². The lowest BCUT2D eigenvalue weighted by Gasteiger charge is -2.22. The summed E-state index contributed by atoms with van der Waals surface area (Å²) in [6.07, 6.45) is 1.45. The van der Waals surface area contributed by atoms with Crippen LogP contribution >= 0.6 is 0 Å². The number of hydrogen-bond acceptors (Lipinski definition) is 5. The molecule has 1 saturated heterocycles. The molecule has 2 heterocycles. The Morgan fingerprint density at radius 2 is 2.04 bits per heavy atom. The molecule has 7 nitrogen and oxygen atoms in total. The Labute approximate surface area is 139 Å². The number of furan rings is 1. The summed E-state index contributed by atoms with van der Waals surface area (Å²) in [7, 11) is 0. The van der Waals surface area contributed by atoms with E-state index in [4.69, 9.17) is 9.15 Å². The van der Waals surface area contributed by atoms with Crippen LogP contribution in [0.3, 0.4) is 0 Å². The minimum absolute atomic E-state index is 0.0788. The van der Waals surface area contributed by atoms with E-state index < -0.39 is 0 Å². The van der Waals surface area contributed by atoms with Gasteiger partial charge in [-0.25, -0.2) is 0 Å². The average Bonchev–Trinajstić information content (AvgIpc) is 3.16. The van der Waals surface area contributed by atoms with Crippen LogP contribution in [0.5, 0.6) is 0 Å². The number of carbonyl (C=O) groups excluding carboxylic acids is 2. The molecule has 126 valence electrons. The third kappa shape index (κ3) is 4.21. The van der Waals surface area contributed by atoms with Gasteiger partial charge in [0.05, 0.1) is 19.5 Å². The molecule has 1 aromatic heterocycles. The molecule has 1 atom stereocenters. The zero-order valence-corrected chi connectivity index (χ0v) is 13.1. The minimum atomic E-state index is -0.301. The third-order valence-corrected chi connectivity index (χ3v) is 3.66. The molecule has 2 amide bonds. The van der Waals surface area contributed by atoms with Gasteiger partial charge in [0.15, 0.2) is 5.76 Å². The molecule has 0 radical (unpaired) electrons. The van der Waals surface area contributed by atoms with Gasteiger partial charge in [0.1, 0.15) is 6.04 Å². The molecule has 24 heavy (non-hydrogen) atoms. The third-order valence-electron chi connectivity index (χ3n) is 3.66. The minimum Gasteiger partial charge on any atom is -0.459 e. The van der Waals surface area contributed by atoms with Crippen molar-refractivity contribution in [1.82, 2.24) is 10.6 Å². The number of hydrogen-bond donors (Lipinski definition) is 3. The fourth-order valence-electron chi connectivity index (χ4n) is 2.35. The molecule has 3 N–H and O–H groups in total. The lowest BCUT2D eigenvalue weighted by molar-refractivity contribution is -0.126. The van der Waals surface area contributed by atoms with Crippen molar-refractivity contribution in [2.75, 3.05) is 25.1 Å². The molecule has 7 heteroatoms. The van der Waals surface area contributed by atoms with Crippen LogP contribution in [0.15, 0.2) is 47.1 Å². The van der Waals surface area contributed by atoms with Gasteiger partial charge in [-0.05, 0) is 29.8 Å². The van der Waals surface area contributed by atoms with Crippen LogP contribution in [-0.4, -0.2) is 37.6 Å². The maximum absolute atomic E-state index is 12.0. The Morgan fingerprint density at radius 3 is 2.71 bits per heavy atom. The summed E-state index contributed by atoms with van der Waals surface area (Å²) in [6.45, 7) is 2.13. The predicted octanol–water partition coefficient (Wildman–Crippen LogP) is 1.14. The Balaban J connectivity index is 1.49. The second-order valence-electron chi connectivity index (χ2n) is 5.43. The van der Waals surface area contributed by atoms with Gasteiger partial charge in [0, 0.05) is 18.8 Å². The van der Waals surface area contributed by atoms with Crippen molar-refractivity contribution in [3.8, 4) is 0 Å². The second kappa shape index (κ2) is 7.76. The number of carbonyl (C=O) groups is 2. The van der Waals surface area contributed by atoms with Crippen LogP contribution < -0.4 is 16.0 Å². The molecular formula is C17H19N3O4. The summed E-state index contributed by atoms with van der Waals surface area (Å²) in [5, 5.41) is 8.71. The summed E-state index contributed by atoms with van der Waals surface area (Å²) >= 11 is 0. The Bertz CT molecular complexity index is 676. The highest BCUT2D eigenvalue weighted by Crippen LogP contribution is 2.12. The molecule has 1 unspecified atom stereocenters. The SMILES string of the molecule is O=C(Nc1ccc(CNC(=O)C2COCCN2)cc1)c1ccco1. The maximum atomic E-state index is 12.0. The normalized spacial score (nSPS) is 17.2. The van der Waals surface area contributed by atoms with Crippen molar-refractivity contribution in [3.05, 3.63) is 54.0 Å². The lowest BCUT2D eigenvalue weighted by atomic mass is 10.2. The monoisotopic (exact) mass is 329 g/mol.